The molecule has 1 aromatic heterocycles. The Morgan fingerprint density at radius 2 is 2.05 bits per heavy atom. The van der Waals surface area contributed by atoms with Crippen LogP contribution in [0.4, 0.5) is 0 Å². The molecule has 0 radical (unpaired) electrons. The summed E-state index contributed by atoms with van der Waals surface area (Å²) in [6.45, 7) is 0. The van der Waals surface area contributed by atoms with Crippen molar-refractivity contribution in [1.29, 1.82) is 0 Å². The second-order valence-corrected chi connectivity index (χ2v) is 5.07. The number of rotatable bonds is 5. The van der Waals surface area contributed by atoms with Gasteiger partial charge in [0, 0.05) is 24.2 Å². The highest BCUT2D eigenvalue weighted by Crippen LogP contribution is 2.26. The number of carbonyl (C=O) groups excluding carboxylic acids is 1. The monoisotopic (exact) mass is 259 g/mol. The summed E-state index contributed by atoms with van der Waals surface area (Å²) in [6.07, 6.45) is 14.0. The minimum Gasteiger partial charge on any atom is -0.267 e. The van der Waals surface area contributed by atoms with Gasteiger partial charge >= 0.3 is 0 Å². The van der Waals surface area contributed by atoms with Crippen molar-refractivity contribution in [2.24, 2.45) is 11.0 Å². The van der Waals surface area contributed by atoms with Crippen molar-refractivity contribution in [1.82, 2.24) is 10.4 Å². The van der Waals surface area contributed by atoms with Crippen molar-refractivity contribution in [2.75, 3.05) is 0 Å². The molecule has 1 aromatic rings. The molecule has 1 saturated carbocycles. The molecule has 4 nitrogen and oxygen atoms in total. The number of hydrogen-bond acceptors (Lipinski definition) is 3. The number of amides is 1. The average Bonchev–Trinajstić information content (AvgIpc) is 2.49. The van der Waals surface area contributed by atoms with E-state index in [1.807, 2.05) is 6.21 Å². The highest BCUT2D eigenvalue weighted by molar-refractivity contribution is 5.94. The summed E-state index contributed by atoms with van der Waals surface area (Å²) < 4.78 is 0. The van der Waals surface area contributed by atoms with Crippen molar-refractivity contribution in [3.8, 4) is 0 Å². The third-order valence-electron chi connectivity index (χ3n) is 3.63. The number of nitrogens with one attached hydrogen (secondary N) is 1. The van der Waals surface area contributed by atoms with Gasteiger partial charge in [-0.2, -0.15) is 5.10 Å². The molecule has 102 valence electrons. The molecule has 0 spiro atoms. The van der Waals surface area contributed by atoms with E-state index in [9.17, 15) is 4.79 Å². The number of carbonyl (C=O) groups is 1. The highest BCUT2D eigenvalue weighted by atomic mass is 16.2. The first-order chi connectivity index (χ1) is 9.36. The summed E-state index contributed by atoms with van der Waals surface area (Å²) >= 11 is 0. The van der Waals surface area contributed by atoms with Crippen LogP contribution in [0.15, 0.2) is 29.6 Å². The predicted octanol–water partition coefficient (Wildman–Crippen LogP) is 3.16. The van der Waals surface area contributed by atoms with Crippen LogP contribution in [0.25, 0.3) is 0 Å². The largest absolute Gasteiger partial charge is 0.271 e. The number of pyridine rings is 1. The van der Waals surface area contributed by atoms with Crippen LogP contribution in [0.3, 0.4) is 0 Å². The summed E-state index contributed by atoms with van der Waals surface area (Å²) in [5.74, 6) is 0.674. The Labute approximate surface area is 114 Å². The van der Waals surface area contributed by atoms with E-state index >= 15 is 0 Å². The SMILES string of the molecule is O=C(NN=CCCC1CCCCC1)c1ccncc1. The standard InChI is InChI=1S/C15H21N3O/c19-15(14-8-11-16-12-9-14)18-17-10-4-7-13-5-2-1-3-6-13/h8-13H,1-7H2,(H,18,19). The Kier molecular flexibility index (Phi) is 5.53. The van der Waals surface area contributed by atoms with Crippen LogP contribution >= 0.6 is 0 Å². The second-order valence-electron chi connectivity index (χ2n) is 5.07. The Hall–Kier alpha value is -1.71. The Morgan fingerprint density at radius 1 is 1.32 bits per heavy atom. The quantitative estimate of drug-likeness (QED) is 0.652. The zero-order chi connectivity index (χ0) is 13.3. The lowest BCUT2D eigenvalue weighted by Crippen LogP contribution is -2.17. The van der Waals surface area contributed by atoms with Crippen LogP contribution in [0, 0.1) is 5.92 Å². The zero-order valence-corrected chi connectivity index (χ0v) is 11.2. The molecular formula is C15H21N3O. The number of hydrogen-bond donors (Lipinski definition) is 1. The van der Waals surface area contributed by atoms with Gasteiger partial charge < -0.3 is 0 Å². The summed E-state index contributed by atoms with van der Waals surface area (Å²) in [4.78, 5) is 15.5. The van der Waals surface area contributed by atoms with Crippen molar-refractivity contribution in [3.05, 3.63) is 30.1 Å². The summed E-state index contributed by atoms with van der Waals surface area (Å²) in [7, 11) is 0. The van der Waals surface area contributed by atoms with E-state index in [0.717, 1.165) is 12.3 Å². The van der Waals surface area contributed by atoms with E-state index in [2.05, 4.69) is 15.5 Å². The third-order valence-corrected chi connectivity index (χ3v) is 3.63. The van der Waals surface area contributed by atoms with Gasteiger partial charge in [0.1, 0.15) is 0 Å². The van der Waals surface area contributed by atoms with Crippen LogP contribution in [0.5, 0.6) is 0 Å². The van der Waals surface area contributed by atoms with Gasteiger partial charge in [0.2, 0.25) is 0 Å². The summed E-state index contributed by atoms with van der Waals surface area (Å²) in [6, 6.07) is 3.35. The lowest BCUT2D eigenvalue weighted by molar-refractivity contribution is 0.0955. The molecule has 0 aliphatic heterocycles. The Balaban J connectivity index is 1.65. The van der Waals surface area contributed by atoms with Crippen molar-refractivity contribution in [2.45, 2.75) is 44.9 Å². The summed E-state index contributed by atoms with van der Waals surface area (Å²) in [5.41, 5.74) is 3.12. The molecule has 4 heteroatoms. The maximum atomic E-state index is 11.7. The minimum atomic E-state index is -0.184. The van der Waals surface area contributed by atoms with E-state index in [0.29, 0.717) is 5.56 Å². The normalized spacial score (nSPS) is 16.6. The molecule has 1 fully saturated rings. The molecule has 1 aliphatic carbocycles. The van der Waals surface area contributed by atoms with E-state index in [1.165, 1.54) is 38.5 Å². The molecule has 0 atom stereocenters. The number of hydrazone groups is 1. The van der Waals surface area contributed by atoms with Crippen molar-refractivity contribution in [3.63, 3.8) is 0 Å². The van der Waals surface area contributed by atoms with Crippen LogP contribution in [0.1, 0.15) is 55.3 Å². The lowest BCUT2D eigenvalue weighted by atomic mass is 9.86. The fraction of sp³-hybridized carbons (Fsp3) is 0.533. The zero-order valence-electron chi connectivity index (χ0n) is 11.2. The first-order valence-corrected chi connectivity index (χ1v) is 7.08. The average molecular weight is 259 g/mol. The Morgan fingerprint density at radius 3 is 2.79 bits per heavy atom. The van der Waals surface area contributed by atoms with Gasteiger partial charge in [0.25, 0.3) is 5.91 Å². The van der Waals surface area contributed by atoms with Gasteiger partial charge in [-0.15, -0.1) is 0 Å². The molecule has 0 aromatic carbocycles. The van der Waals surface area contributed by atoms with Gasteiger partial charge in [-0.25, -0.2) is 5.43 Å². The smallest absolute Gasteiger partial charge is 0.267 e. The molecule has 2 rings (SSSR count). The highest BCUT2D eigenvalue weighted by Gasteiger charge is 2.11. The molecule has 0 bridgehead atoms. The number of nitrogens with zero attached hydrogens (tertiary/aromatic N) is 2. The van der Waals surface area contributed by atoms with Crippen LogP contribution in [-0.2, 0) is 0 Å². The van der Waals surface area contributed by atoms with Crippen molar-refractivity contribution >= 4 is 12.1 Å². The van der Waals surface area contributed by atoms with E-state index < -0.39 is 0 Å². The van der Waals surface area contributed by atoms with E-state index in [1.54, 1.807) is 24.5 Å². The van der Waals surface area contributed by atoms with Gasteiger partial charge in [-0.3, -0.25) is 9.78 Å². The summed E-state index contributed by atoms with van der Waals surface area (Å²) in [5, 5.41) is 3.99. The Bertz CT molecular complexity index is 411. The number of aromatic nitrogens is 1. The molecular weight excluding hydrogens is 238 g/mol. The minimum absolute atomic E-state index is 0.184. The lowest BCUT2D eigenvalue weighted by Gasteiger charge is -2.20. The fourth-order valence-electron chi connectivity index (χ4n) is 2.52. The van der Waals surface area contributed by atoms with E-state index in [4.69, 9.17) is 0 Å². The van der Waals surface area contributed by atoms with Crippen LogP contribution in [0.2, 0.25) is 0 Å². The maximum Gasteiger partial charge on any atom is 0.271 e. The molecule has 0 saturated heterocycles. The van der Waals surface area contributed by atoms with E-state index in [-0.39, 0.29) is 5.91 Å². The van der Waals surface area contributed by atoms with Crippen LogP contribution < -0.4 is 5.43 Å². The molecule has 19 heavy (non-hydrogen) atoms. The maximum absolute atomic E-state index is 11.7. The van der Waals surface area contributed by atoms with Gasteiger partial charge in [0.05, 0.1) is 0 Å². The molecule has 0 unspecified atom stereocenters. The van der Waals surface area contributed by atoms with Crippen LogP contribution in [-0.4, -0.2) is 17.1 Å². The molecule has 1 aliphatic rings. The van der Waals surface area contributed by atoms with Crippen molar-refractivity contribution < 1.29 is 4.79 Å². The topological polar surface area (TPSA) is 54.4 Å². The second kappa shape index (κ2) is 7.67. The third kappa shape index (κ3) is 4.81. The van der Waals surface area contributed by atoms with Gasteiger partial charge in [0.15, 0.2) is 0 Å². The first kappa shape index (κ1) is 13.7. The molecule has 1 N–H and O–H groups in total. The van der Waals surface area contributed by atoms with Gasteiger partial charge in [-0.05, 0) is 30.9 Å². The van der Waals surface area contributed by atoms with Gasteiger partial charge in [-0.1, -0.05) is 32.1 Å². The predicted molar refractivity (Wildman–Crippen MR) is 76.0 cm³/mol. The first-order valence-electron chi connectivity index (χ1n) is 7.08. The molecule has 1 heterocycles. The molecule has 1 amide bonds. The fourth-order valence-corrected chi connectivity index (χ4v) is 2.52.